The Balaban J connectivity index is 1.71. The van der Waals surface area contributed by atoms with Crippen molar-refractivity contribution in [1.29, 1.82) is 0 Å². The van der Waals surface area contributed by atoms with Crippen LogP contribution in [0.5, 0.6) is 0 Å². The number of hydrogen-bond donors (Lipinski definition) is 1. The lowest BCUT2D eigenvalue weighted by molar-refractivity contribution is -0.157. The highest BCUT2D eigenvalue weighted by atomic mass is 35.5. The lowest BCUT2D eigenvalue weighted by Crippen LogP contribution is -2.46. The summed E-state index contributed by atoms with van der Waals surface area (Å²) in [5.41, 5.74) is 1.74. The normalized spacial score (nSPS) is 21.1. The van der Waals surface area contributed by atoms with E-state index in [2.05, 4.69) is 0 Å². The second-order valence-electron chi connectivity index (χ2n) is 10.1. The van der Waals surface area contributed by atoms with E-state index < -0.39 is 23.6 Å². The van der Waals surface area contributed by atoms with Crippen molar-refractivity contribution in [2.45, 2.75) is 57.7 Å². The van der Waals surface area contributed by atoms with Crippen molar-refractivity contribution in [2.24, 2.45) is 5.92 Å². The number of carbonyl (C=O) groups excluding carboxylic acids is 2. The van der Waals surface area contributed by atoms with Gasteiger partial charge in [0.15, 0.2) is 5.13 Å². The van der Waals surface area contributed by atoms with Gasteiger partial charge in [0, 0.05) is 16.0 Å². The Bertz CT molecular complexity index is 1210. The number of rotatable bonds is 5. The predicted octanol–water partition coefficient (Wildman–Crippen LogP) is 6.08. The molecule has 1 saturated heterocycles. The van der Waals surface area contributed by atoms with E-state index in [9.17, 15) is 14.7 Å². The van der Waals surface area contributed by atoms with Crippen molar-refractivity contribution < 1.29 is 19.4 Å². The van der Waals surface area contributed by atoms with Gasteiger partial charge in [0.05, 0.1) is 30.7 Å². The fourth-order valence-electron chi connectivity index (χ4n) is 4.58. The van der Waals surface area contributed by atoms with E-state index in [0.717, 1.165) is 11.1 Å². The number of carbonyl (C=O) groups is 2. The first-order chi connectivity index (χ1) is 17.1. The highest BCUT2D eigenvalue weighted by Crippen LogP contribution is 2.39. The molecular weight excluding hydrogens is 496 g/mol. The zero-order valence-corrected chi connectivity index (χ0v) is 22.3. The average molecular weight is 527 g/mol. The average Bonchev–Trinajstić information content (AvgIpc) is 3.30. The molecule has 2 heterocycles. The molecule has 0 spiro atoms. The molecule has 0 radical (unpaired) electrons. The Morgan fingerprint density at radius 3 is 2.53 bits per heavy atom. The van der Waals surface area contributed by atoms with Crippen LogP contribution in [-0.4, -0.2) is 40.2 Å². The first-order valence-corrected chi connectivity index (χ1v) is 13.3. The van der Waals surface area contributed by atoms with Gasteiger partial charge in [-0.2, -0.15) is 0 Å². The number of ether oxygens (including phenoxy) is 1. The minimum atomic E-state index is -0.713. The summed E-state index contributed by atoms with van der Waals surface area (Å²) in [6.07, 6.45) is 0.318. The van der Waals surface area contributed by atoms with Crippen LogP contribution in [0.15, 0.2) is 60.0 Å². The first-order valence-electron chi connectivity index (χ1n) is 12.1. The molecule has 1 aliphatic heterocycles. The van der Waals surface area contributed by atoms with Crippen LogP contribution in [0.3, 0.4) is 0 Å². The van der Waals surface area contributed by atoms with Crippen molar-refractivity contribution in [3.8, 4) is 11.3 Å². The number of thiazole rings is 1. The smallest absolute Gasteiger partial charge is 0.307 e. The number of anilines is 1. The summed E-state index contributed by atoms with van der Waals surface area (Å²) >= 11 is 7.68. The van der Waals surface area contributed by atoms with Crippen LogP contribution < -0.4 is 4.90 Å². The molecule has 0 aliphatic carbocycles. The summed E-state index contributed by atoms with van der Waals surface area (Å²) in [4.78, 5) is 33.2. The molecule has 6 nitrogen and oxygen atoms in total. The number of nitrogens with zero attached hydrogens (tertiary/aromatic N) is 2. The highest BCUT2D eigenvalue weighted by Gasteiger charge is 2.39. The van der Waals surface area contributed by atoms with Gasteiger partial charge in [-0.05, 0) is 51.2 Å². The highest BCUT2D eigenvalue weighted by molar-refractivity contribution is 7.14. The maximum Gasteiger partial charge on any atom is 0.307 e. The van der Waals surface area contributed by atoms with Crippen LogP contribution in [-0.2, 0) is 14.3 Å². The number of aliphatic hydroxyl groups excluding tert-OH is 1. The van der Waals surface area contributed by atoms with Crippen LogP contribution in [0, 0.1) is 5.92 Å². The second kappa shape index (κ2) is 11.1. The SMILES string of the molecule is CC(C)(C)OC(=O)C[C@@H]1C(=O)N(c2nc(-c3ccccc3Cl)cs2)CC(O)CC[C@@H]1c1ccccc1. The lowest BCUT2D eigenvalue weighted by Gasteiger charge is -2.35. The predicted molar refractivity (Wildman–Crippen MR) is 143 cm³/mol. The molecule has 3 atom stereocenters. The van der Waals surface area contributed by atoms with Crippen molar-refractivity contribution in [3.63, 3.8) is 0 Å². The Morgan fingerprint density at radius 1 is 1.14 bits per heavy atom. The lowest BCUT2D eigenvalue weighted by atomic mass is 9.78. The summed E-state index contributed by atoms with van der Waals surface area (Å²) in [6.45, 7) is 5.55. The van der Waals surface area contributed by atoms with Gasteiger partial charge in [-0.3, -0.25) is 14.5 Å². The number of aromatic nitrogens is 1. The largest absolute Gasteiger partial charge is 0.460 e. The summed E-state index contributed by atoms with van der Waals surface area (Å²) in [6, 6.07) is 17.1. The topological polar surface area (TPSA) is 79.7 Å². The van der Waals surface area contributed by atoms with E-state index in [1.54, 1.807) is 6.07 Å². The zero-order chi connectivity index (χ0) is 25.9. The van der Waals surface area contributed by atoms with Gasteiger partial charge in [-0.1, -0.05) is 60.1 Å². The molecule has 1 aliphatic rings. The quantitative estimate of drug-likeness (QED) is 0.407. The van der Waals surface area contributed by atoms with Crippen LogP contribution in [0.25, 0.3) is 11.3 Å². The van der Waals surface area contributed by atoms with Crippen LogP contribution in [0.2, 0.25) is 5.02 Å². The number of esters is 1. The third-order valence-corrected chi connectivity index (χ3v) is 7.37. The van der Waals surface area contributed by atoms with E-state index in [1.807, 2.05) is 74.7 Å². The number of β-amino-alcohol motifs (C(OH)–C–C–N with tert-alkyl or cyclic N) is 1. The van der Waals surface area contributed by atoms with Crippen molar-refractivity contribution in [2.75, 3.05) is 11.4 Å². The summed E-state index contributed by atoms with van der Waals surface area (Å²) in [5.74, 6) is -1.55. The number of amides is 1. The van der Waals surface area contributed by atoms with Gasteiger partial charge in [-0.25, -0.2) is 4.98 Å². The Labute approximate surface area is 220 Å². The van der Waals surface area contributed by atoms with Gasteiger partial charge < -0.3 is 9.84 Å². The molecule has 190 valence electrons. The molecule has 4 rings (SSSR count). The molecule has 1 N–H and O–H groups in total. The van der Waals surface area contributed by atoms with Gasteiger partial charge >= 0.3 is 5.97 Å². The van der Waals surface area contributed by atoms with Crippen molar-refractivity contribution in [3.05, 3.63) is 70.6 Å². The number of hydrogen-bond acceptors (Lipinski definition) is 6. The zero-order valence-electron chi connectivity index (χ0n) is 20.7. The third kappa shape index (κ3) is 6.33. The first kappa shape index (κ1) is 26.3. The van der Waals surface area contributed by atoms with Gasteiger partial charge in [0.1, 0.15) is 5.60 Å². The molecule has 3 aromatic rings. The standard InChI is InChI=1S/C28H31ClN2O4S/c1-28(2,3)35-25(33)15-22-20(18-9-5-4-6-10-18)14-13-19(32)16-31(26(22)34)27-30-24(17-36-27)21-11-7-8-12-23(21)29/h4-12,17,19-20,22,32H,13-16H2,1-3H3/t19?,20-,22+/m1/s1. The Hall–Kier alpha value is -2.74. The van der Waals surface area contributed by atoms with Crippen LogP contribution in [0.4, 0.5) is 5.13 Å². The summed E-state index contributed by atoms with van der Waals surface area (Å²) in [5, 5.41) is 13.7. The molecule has 8 heteroatoms. The fraction of sp³-hybridized carbons (Fsp3) is 0.393. The van der Waals surface area contributed by atoms with Crippen LogP contribution >= 0.6 is 22.9 Å². The number of benzene rings is 2. The molecule has 36 heavy (non-hydrogen) atoms. The monoisotopic (exact) mass is 526 g/mol. The minimum absolute atomic E-state index is 0.0506. The molecule has 1 aromatic heterocycles. The number of aliphatic hydroxyl groups is 1. The molecule has 1 amide bonds. The number of halogens is 1. The van der Waals surface area contributed by atoms with E-state index in [-0.39, 0.29) is 24.8 Å². The van der Waals surface area contributed by atoms with Crippen LogP contribution in [0.1, 0.15) is 51.5 Å². The fourth-order valence-corrected chi connectivity index (χ4v) is 5.65. The summed E-state index contributed by atoms with van der Waals surface area (Å²) in [7, 11) is 0. The Kier molecular flexibility index (Phi) is 8.13. The minimum Gasteiger partial charge on any atom is -0.460 e. The van der Waals surface area contributed by atoms with Gasteiger partial charge in [0.2, 0.25) is 5.91 Å². The molecule has 0 saturated carbocycles. The van der Waals surface area contributed by atoms with E-state index in [0.29, 0.717) is 28.7 Å². The molecule has 1 fully saturated rings. The van der Waals surface area contributed by atoms with Crippen molar-refractivity contribution >= 4 is 39.9 Å². The maximum absolute atomic E-state index is 14.1. The molecule has 0 bridgehead atoms. The van der Waals surface area contributed by atoms with Gasteiger partial charge in [-0.15, -0.1) is 11.3 Å². The Morgan fingerprint density at radius 2 is 1.83 bits per heavy atom. The van der Waals surface area contributed by atoms with E-state index in [1.165, 1.54) is 16.2 Å². The van der Waals surface area contributed by atoms with Crippen molar-refractivity contribution in [1.82, 2.24) is 4.98 Å². The maximum atomic E-state index is 14.1. The second-order valence-corrected chi connectivity index (χ2v) is 11.3. The molecular formula is C28H31ClN2O4S. The third-order valence-electron chi connectivity index (χ3n) is 6.18. The molecule has 2 aromatic carbocycles. The van der Waals surface area contributed by atoms with E-state index >= 15 is 0 Å². The van der Waals surface area contributed by atoms with E-state index in [4.69, 9.17) is 21.3 Å². The molecule has 1 unspecified atom stereocenters. The summed E-state index contributed by atoms with van der Waals surface area (Å²) < 4.78 is 5.60. The van der Waals surface area contributed by atoms with Gasteiger partial charge in [0.25, 0.3) is 0 Å².